The van der Waals surface area contributed by atoms with Gasteiger partial charge in [-0.2, -0.15) is 18.2 Å². The monoisotopic (exact) mass is 380 g/mol. The number of nitrogens with zero attached hydrogens (tertiary/aromatic N) is 2. The first-order valence-electron chi connectivity index (χ1n) is 7.73. The average molecular weight is 381 g/mol. The highest BCUT2D eigenvalue weighted by atomic mass is 35.5. The van der Waals surface area contributed by atoms with Crippen LogP contribution < -0.4 is 10.6 Å². The summed E-state index contributed by atoms with van der Waals surface area (Å²) in [5, 5.41) is 5.54. The van der Waals surface area contributed by atoms with Gasteiger partial charge in [0.25, 0.3) is 6.01 Å². The smallest absolute Gasteiger partial charge is 0.417 e. The third-order valence-electron chi connectivity index (χ3n) is 3.86. The molecule has 4 rings (SSSR count). The Hall–Kier alpha value is -2.74. The molecule has 0 spiro atoms. The zero-order valence-corrected chi connectivity index (χ0v) is 13.9. The summed E-state index contributed by atoms with van der Waals surface area (Å²) in [7, 11) is 0. The van der Waals surface area contributed by atoms with Crippen molar-refractivity contribution in [1.29, 1.82) is 0 Å². The largest absolute Gasteiger partial charge is 0.423 e. The summed E-state index contributed by atoms with van der Waals surface area (Å²) in [6.45, 7) is 1.50. The number of amidine groups is 1. The Morgan fingerprint density at radius 3 is 2.73 bits per heavy atom. The van der Waals surface area contributed by atoms with Crippen LogP contribution in [0.3, 0.4) is 0 Å². The van der Waals surface area contributed by atoms with Gasteiger partial charge in [-0.05, 0) is 36.4 Å². The maximum absolute atomic E-state index is 13.0. The number of rotatable bonds is 3. The van der Waals surface area contributed by atoms with Crippen LogP contribution in [0.1, 0.15) is 11.1 Å². The minimum Gasteiger partial charge on any atom is -0.423 e. The number of benzene rings is 2. The molecule has 3 aromatic rings. The molecule has 1 aliphatic heterocycles. The van der Waals surface area contributed by atoms with Gasteiger partial charge in [0.05, 0.1) is 17.1 Å². The lowest BCUT2D eigenvalue weighted by Gasteiger charge is -2.10. The molecule has 0 atom stereocenters. The first kappa shape index (κ1) is 16.7. The van der Waals surface area contributed by atoms with Crippen molar-refractivity contribution < 1.29 is 17.6 Å². The van der Waals surface area contributed by atoms with Gasteiger partial charge in [0.2, 0.25) is 0 Å². The number of alkyl halides is 3. The van der Waals surface area contributed by atoms with E-state index in [0.717, 1.165) is 24.0 Å². The van der Waals surface area contributed by atoms with Gasteiger partial charge in [-0.15, -0.1) is 0 Å². The fraction of sp³-hybridized carbons (Fsp3) is 0.176. The lowest BCUT2D eigenvalue weighted by molar-refractivity contribution is -0.137. The van der Waals surface area contributed by atoms with Crippen molar-refractivity contribution in [3.05, 3.63) is 52.5 Å². The van der Waals surface area contributed by atoms with Gasteiger partial charge in [-0.1, -0.05) is 11.6 Å². The Bertz CT molecular complexity index is 1010. The minimum absolute atomic E-state index is 0.0916. The molecule has 26 heavy (non-hydrogen) atoms. The van der Waals surface area contributed by atoms with Crippen molar-refractivity contribution >= 4 is 40.2 Å². The number of hydrogen-bond donors (Lipinski definition) is 2. The van der Waals surface area contributed by atoms with Crippen LogP contribution in [0.2, 0.25) is 5.02 Å². The molecular weight excluding hydrogens is 369 g/mol. The number of halogens is 4. The van der Waals surface area contributed by atoms with Gasteiger partial charge in [0.15, 0.2) is 5.58 Å². The van der Waals surface area contributed by atoms with Crippen LogP contribution in [0.15, 0.2) is 45.8 Å². The van der Waals surface area contributed by atoms with Crippen molar-refractivity contribution in [2.24, 2.45) is 4.99 Å². The molecule has 1 aromatic heterocycles. The van der Waals surface area contributed by atoms with Gasteiger partial charge < -0.3 is 15.1 Å². The van der Waals surface area contributed by atoms with Crippen LogP contribution in [0.4, 0.5) is 24.9 Å². The second kappa shape index (κ2) is 6.21. The van der Waals surface area contributed by atoms with E-state index in [1.54, 1.807) is 12.1 Å². The van der Waals surface area contributed by atoms with Crippen molar-refractivity contribution in [1.82, 2.24) is 10.3 Å². The highest BCUT2D eigenvalue weighted by molar-refractivity contribution is 6.31. The van der Waals surface area contributed by atoms with E-state index in [4.69, 9.17) is 16.0 Å². The third kappa shape index (κ3) is 3.20. The van der Waals surface area contributed by atoms with Gasteiger partial charge >= 0.3 is 6.18 Å². The molecule has 0 fully saturated rings. The van der Waals surface area contributed by atoms with E-state index < -0.39 is 11.7 Å². The van der Waals surface area contributed by atoms with Crippen LogP contribution >= 0.6 is 11.6 Å². The number of oxazole rings is 1. The maximum atomic E-state index is 13.0. The summed E-state index contributed by atoms with van der Waals surface area (Å²) in [6, 6.07) is 9.02. The highest BCUT2D eigenvalue weighted by Gasteiger charge is 2.33. The number of aliphatic imine (C=N–C) groups is 1. The quantitative estimate of drug-likeness (QED) is 0.697. The molecule has 0 saturated heterocycles. The van der Waals surface area contributed by atoms with Crippen LogP contribution in [-0.2, 0) is 6.18 Å². The number of anilines is 2. The molecule has 5 nitrogen and oxygen atoms in total. The number of hydrogen-bond acceptors (Lipinski definition) is 5. The van der Waals surface area contributed by atoms with E-state index in [-0.39, 0.29) is 16.7 Å². The molecule has 2 heterocycles. The number of nitrogens with one attached hydrogen (secondary N) is 2. The lowest BCUT2D eigenvalue weighted by Crippen LogP contribution is -2.19. The summed E-state index contributed by atoms with van der Waals surface area (Å²) >= 11 is 5.62. The van der Waals surface area contributed by atoms with Crippen molar-refractivity contribution in [2.75, 3.05) is 18.4 Å². The van der Waals surface area contributed by atoms with E-state index in [1.807, 2.05) is 6.07 Å². The van der Waals surface area contributed by atoms with E-state index in [2.05, 4.69) is 20.6 Å². The first-order valence-corrected chi connectivity index (χ1v) is 8.11. The molecule has 2 aromatic carbocycles. The Morgan fingerprint density at radius 2 is 2.00 bits per heavy atom. The molecule has 0 aliphatic carbocycles. The fourth-order valence-electron chi connectivity index (χ4n) is 2.66. The van der Waals surface area contributed by atoms with E-state index in [9.17, 15) is 13.2 Å². The molecule has 0 saturated carbocycles. The first-order chi connectivity index (χ1) is 12.4. The van der Waals surface area contributed by atoms with Crippen LogP contribution in [0.25, 0.3) is 11.1 Å². The molecule has 0 amide bonds. The Balaban J connectivity index is 1.63. The Kier molecular flexibility index (Phi) is 3.99. The Labute approximate surface area is 150 Å². The van der Waals surface area contributed by atoms with Crippen LogP contribution in [0, 0.1) is 0 Å². The summed E-state index contributed by atoms with van der Waals surface area (Å²) in [6.07, 6.45) is -4.54. The predicted molar refractivity (Wildman–Crippen MR) is 93.2 cm³/mol. The van der Waals surface area contributed by atoms with Crippen molar-refractivity contribution in [2.45, 2.75) is 6.18 Å². The molecule has 0 bridgehead atoms. The maximum Gasteiger partial charge on any atom is 0.417 e. The van der Waals surface area contributed by atoms with Crippen LogP contribution in [0.5, 0.6) is 0 Å². The van der Waals surface area contributed by atoms with E-state index in [1.165, 1.54) is 12.1 Å². The van der Waals surface area contributed by atoms with E-state index >= 15 is 0 Å². The fourth-order valence-corrected chi connectivity index (χ4v) is 2.89. The SMILES string of the molecule is FC(F)(F)c1cc(Nc2nc3ccc(C4=NCCN4)cc3o2)ccc1Cl. The topological polar surface area (TPSA) is 62.5 Å². The van der Waals surface area contributed by atoms with Crippen LogP contribution in [-0.4, -0.2) is 23.9 Å². The molecular formula is C17H12ClF3N4O. The molecule has 9 heteroatoms. The van der Waals surface area contributed by atoms with Crippen molar-refractivity contribution in [3.63, 3.8) is 0 Å². The number of aromatic nitrogens is 1. The van der Waals surface area contributed by atoms with Gasteiger partial charge in [-0.25, -0.2) is 0 Å². The minimum atomic E-state index is -4.54. The predicted octanol–water partition coefficient (Wildman–Crippen LogP) is 4.59. The van der Waals surface area contributed by atoms with Gasteiger partial charge in [-0.3, -0.25) is 4.99 Å². The molecule has 1 aliphatic rings. The van der Waals surface area contributed by atoms with Crippen molar-refractivity contribution in [3.8, 4) is 0 Å². The molecule has 0 unspecified atom stereocenters. The highest BCUT2D eigenvalue weighted by Crippen LogP contribution is 2.36. The summed E-state index contributed by atoms with van der Waals surface area (Å²) in [5.74, 6) is 0.783. The zero-order chi connectivity index (χ0) is 18.3. The Morgan fingerprint density at radius 1 is 1.15 bits per heavy atom. The lowest BCUT2D eigenvalue weighted by atomic mass is 10.2. The molecule has 2 N–H and O–H groups in total. The number of fused-ring (bicyclic) bond motifs is 1. The zero-order valence-electron chi connectivity index (χ0n) is 13.2. The molecule has 134 valence electrons. The van der Waals surface area contributed by atoms with Gasteiger partial charge in [0.1, 0.15) is 11.4 Å². The third-order valence-corrected chi connectivity index (χ3v) is 4.19. The van der Waals surface area contributed by atoms with Gasteiger partial charge in [0, 0.05) is 17.8 Å². The second-order valence-electron chi connectivity index (χ2n) is 5.68. The van der Waals surface area contributed by atoms with E-state index in [0.29, 0.717) is 17.6 Å². The summed E-state index contributed by atoms with van der Waals surface area (Å²) in [4.78, 5) is 8.57. The second-order valence-corrected chi connectivity index (χ2v) is 6.08. The summed E-state index contributed by atoms with van der Waals surface area (Å²) in [5.41, 5.74) is 1.21. The normalized spacial score (nSPS) is 14.4. The standard InChI is InChI=1S/C17H12ClF3N4O/c18-12-3-2-10(8-11(12)17(19,20)21)24-16-25-13-4-1-9(7-14(13)26-16)15-22-5-6-23-15/h1-4,7-8H,5-6H2,(H,22,23)(H,24,25). The summed E-state index contributed by atoms with van der Waals surface area (Å²) < 4.78 is 44.5. The average Bonchev–Trinajstić information content (AvgIpc) is 3.23. The molecule has 0 radical (unpaired) electrons.